The number of carboxylic acid groups (broad SMARTS) is 1. The van der Waals surface area contributed by atoms with Crippen molar-refractivity contribution < 1.29 is 33.3 Å². The number of Topliss-reactive ketones (excluding diaryl/α,β-unsaturated/α-hetero) is 1. The van der Waals surface area contributed by atoms with Crippen LogP contribution in [0.25, 0.3) is 22.3 Å². The maximum absolute atomic E-state index is 15.7. The van der Waals surface area contributed by atoms with E-state index in [1.807, 2.05) is 42.5 Å². The second-order valence-corrected chi connectivity index (χ2v) is 16.6. The number of benzene rings is 3. The predicted molar refractivity (Wildman–Crippen MR) is 213 cm³/mol. The number of methoxy groups -OCH3 is 2. The number of halogens is 3. The number of aromatic nitrogens is 1. The average Bonchev–Trinajstić information content (AvgIpc) is 3.82. The van der Waals surface area contributed by atoms with Crippen LogP contribution in [0.5, 0.6) is 17.5 Å². The molecule has 2 saturated heterocycles. The highest BCUT2D eigenvalue weighted by Gasteiger charge is 2.49. The molecule has 3 aliphatic carbocycles. The molecule has 9 rings (SSSR count). The maximum atomic E-state index is 15.7. The minimum absolute atomic E-state index is 0.279. The molecule has 5 aliphatic rings. The van der Waals surface area contributed by atoms with Gasteiger partial charge in [-0.05, 0) is 97.9 Å². The van der Waals surface area contributed by atoms with E-state index in [1.54, 1.807) is 7.11 Å². The topological polar surface area (TPSA) is 110 Å². The molecule has 9 nitrogen and oxygen atoms in total. The first kappa shape index (κ1) is 38.6. The van der Waals surface area contributed by atoms with Crippen LogP contribution in [0.15, 0.2) is 54.6 Å². The Morgan fingerprint density at radius 2 is 1.75 bits per heavy atom. The van der Waals surface area contributed by atoms with Crippen molar-refractivity contribution in [3.63, 3.8) is 0 Å². The van der Waals surface area contributed by atoms with Crippen molar-refractivity contribution in [2.24, 2.45) is 11.3 Å². The van der Waals surface area contributed by atoms with Crippen molar-refractivity contribution in [1.29, 1.82) is 0 Å². The Labute approximate surface area is 336 Å². The molecule has 3 aromatic carbocycles. The van der Waals surface area contributed by atoms with Gasteiger partial charge in [0.15, 0.2) is 0 Å². The van der Waals surface area contributed by atoms with E-state index in [-0.39, 0.29) is 23.7 Å². The van der Waals surface area contributed by atoms with Gasteiger partial charge in [0.25, 0.3) is 0 Å². The van der Waals surface area contributed by atoms with Crippen LogP contribution < -0.4 is 19.5 Å². The fourth-order valence-electron chi connectivity index (χ4n) is 9.42. The Kier molecular flexibility index (Phi) is 11.0. The van der Waals surface area contributed by atoms with Crippen molar-refractivity contribution in [2.75, 3.05) is 27.3 Å². The lowest BCUT2D eigenvalue weighted by Crippen LogP contribution is -2.56. The summed E-state index contributed by atoms with van der Waals surface area (Å²) in [6, 6.07) is 17.3. The molecule has 0 radical (unpaired) electrons. The maximum Gasteiger partial charge on any atom is 0.310 e. The Hall–Kier alpha value is -4.22. The summed E-state index contributed by atoms with van der Waals surface area (Å²) >= 11 is 14.0. The molecule has 0 spiro atoms. The highest BCUT2D eigenvalue weighted by Crippen LogP contribution is 2.47. The first-order valence-corrected chi connectivity index (χ1v) is 20.2. The first-order valence-electron chi connectivity index (χ1n) is 19.4. The van der Waals surface area contributed by atoms with Gasteiger partial charge in [0, 0.05) is 60.8 Å². The molecule has 2 aliphatic heterocycles. The Morgan fingerprint density at radius 3 is 2.48 bits per heavy atom. The summed E-state index contributed by atoms with van der Waals surface area (Å²) in [4.78, 5) is 30.8. The third kappa shape index (κ3) is 7.37. The van der Waals surface area contributed by atoms with Crippen LogP contribution in [-0.2, 0) is 29.1 Å². The van der Waals surface area contributed by atoms with Gasteiger partial charge in [-0.1, -0.05) is 59.6 Å². The quantitative estimate of drug-likeness (QED) is 0.137. The average molecular weight is 803 g/mol. The van der Waals surface area contributed by atoms with E-state index in [0.717, 1.165) is 53.5 Å². The summed E-state index contributed by atoms with van der Waals surface area (Å²) in [6.45, 7) is 1.94. The van der Waals surface area contributed by atoms with Crippen molar-refractivity contribution in [3.05, 3.63) is 92.7 Å². The number of carbonyl (C=O) groups excluding carboxylic acids is 1. The van der Waals surface area contributed by atoms with Gasteiger partial charge in [0.1, 0.15) is 28.5 Å². The SMILES string of the molecule is COc1cc(-c2cccc(-c3cccc4c3CC[C@@H]4Oc3nc(OC)c(CN4CC5(C(=O)O)CCC4CC5)cc3Cl)c2Cl)cc(F)c1CNC[C@@H]1CCC(=O)C1. The number of ether oxygens (including phenoxy) is 3. The van der Waals surface area contributed by atoms with Gasteiger partial charge < -0.3 is 24.6 Å². The number of hydrogen-bond acceptors (Lipinski definition) is 8. The fourth-order valence-corrected chi connectivity index (χ4v) is 9.98. The molecule has 0 amide bonds. The third-order valence-corrected chi connectivity index (χ3v) is 13.1. The number of aliphatic carboxylic acids is 1. The molecule has 4 aromatic rings. The predicted octanol–water partition coefficient (Wildman–Crippen LogP) is 9.23. The number of ketones is 1. The van der Waals surface area contributed by atoms with Crippen LogP contribution in [0.4, 0.5) is 4.39 Å². The highest BCUT2D eigenvalue weighted by molar-refractivity contribution is 6.36. The number of pyridine rings is 1. The molecule has 2 N–H and O–H groups in total. The van der Waals surface area contributed by atoms with Gasteiger partial charge in [-0.15, -0.1) is 0 Å². The third-order valence-electron chi connectivity index (χ3n) is 12.5. The van der Waals surface area contributed by atoms with E-state index in [9.17, 15) is 14.7 Å². The number of nitrogens with one attached hydrogen (secondary N) is 1. The molecule has 2 saturated carbocycles. The Balaban J connectivity index is 1.01. The minimum Gasteiger partial charge on any atom is -0.496 e. The fraction of sp³-hybridized carbons (Fsp3) is 0.432. The molecule has 1 aromatic heterocycles. The molecule has 2 atom stereocenters. The zero-order valence-electron chi connectivity index (χ0n) is 31.6. The molecular weight excluding hydrogens is 756 g/mol. The van der Waals surface area contributed by atoms with Crippen LogP contribution in [0, 0.1) is 17.2 Å². The van der Waals surface area contributed by atoms with Gasteiger partial charge in [-0.2, -0.15) is 4.98 Å². The summed E-state index contributed by atoms with van der Waals surface area (Å²) in [5.74, 6) is 0.579. The van der Waals surface area contributed by atoms with Crippen LogP contribution in [-0.4, -0.2) is 60.1 Å². The van der Waals surface area contributed by atoms with Crippen LogP contribution in [0.3, 0.4) is 0 Å². The standard InChI is InChI=1S/C44H46Cl2FN3O6/c1-54-39-20-26(19-37(47)35(39)22-48-21-25-9-10-29(51)17-25)30-5-3-8-34(40(30)46)31-6-4-7-33-32(31)11-12-38(33)56-42-36(45)18-27(41(49-42)55-2)23-50-24-44(43(52)53)15-13-28(50)14-16-44/h3-8,18-20,25,28,38,48H,9-17,21-24H2,1-2H3,(H,52,53)/t25-,28?,38+,44?/m1/s1. The number of carbonyl (C=O) groups is 2. The van der Waals surface area contributed by atoms with Crippen molar-refractivity contribution >= 4 is 35.0 Å². The normalized spacial score (nSPS) is 23.0. The summed E-state index contributed by atoms with van der Waals surface area (Å²) in [5.41, 5.74) is 5.75. The zero-order chi connectivity index (χ0) is 39.1. The number of nitrogens with zero attached hydrogens (tertiary/aromatic N) is 2. The first-order chi connectivity index (χ1) is 27.1. The van der Waals surface area contributed by atoms with E-state index in [2.05, 4.69) is 16.3 Å². The van der Waals surface area contributed by atoms with Gasteiger partial charge in [0.2, 0.25) is 11.8 Å². The largest absolute Gasteiger partial charge is 0.496 e. The number of rotatable bonds is 13. The molecule has 4 fully saturated rings. The summed E-state index contributed by atoms with van der Waals surface area (Å²) in [5, 5.41) is 14.2. The van der Waals surface area contributed by atoms with E-state index < -0.39 is 17.2 Å². The highest BCUT2D eigenvalue weighted by atomic mass is 35.5. The van der Waals surface area contributed by atoms with E-state index in [4.69, 9.17) is 42.4 Å². The van der Waals surface area contributed by atoms with E-state index in [1.165, 1.54) is 13.2 Å². The van der Waals surface area contributed by atoms with Crippen molar-refractivity contribution in [3.8, 4) is 39.8 Å². The number of piperidine rings is 2. The molecule has 294 valence electrons. The van der Waals surface area contributed by atoms with Gasteiger partial charge in [-0.3, -0.25) is 14.5 Å². The van der Waals surface area contributed by atoms with Crippen molar-refractivity contribution in [1.82, 2.24) is 15.2 Å². The van der Waals surface area contributed by atoms with Gasteiger partial charge in [0.05, 0.1) is 24.7 Å². The van der Waals surface area contributed by atoms with Crippen LogP contribution in [0.1, 0.15) is 79.7 Å². The monoisotopic (exact) mass is 801 g/mol. The second kappa shape index (κ2) is 16.0. The Bertz CT molecular complexity index is 2170. The molecule has 3 heterocycles. The van der Waals surface area contributed by atoms with E-state index >= 15 is 4.39 Å². The molecule has 0 unspecified atom stereocenters. The smallest absolute Gasteiger partial charge is 0.310 e. The van der Waals surface area contributed by atoms with Gasteiger partial charge in [-0.25, -0.2) is 4.39 Å². The molecule has 2 bridgehead atoms. The van der Waals surface area contributed by atoms with Crippen LogP contribution in [0.2, 0.25) is 10.0 Å². The molecule has 12 heteroatoms. The summed E-state index contributed by atoms with van der Waals surface area (Å²) in [7, 11) is 3.10. The minimum atomic E-state index is -0.719. The second-order valence-electron chi connectivity index (χ2n) is 15.8. The summed E-state index contributed by atoms with van der Waals surface area (Å²) in [6.07, 6.45) is 6.34. The lowest BCUT2D eigenvalue weighted by atomic mass is 9.67. The van der Waals surface area contributed by atoms with Crippen molar-refractivity contribution in [2.45, 2.75) is 83.0 Å². The number of carboxylic acids is 1. The summed E-state index contributed by atoms with van der Waals surface area (Å²) < 4.78 is 33.6. The number of fused-ring (bicyclic) bond motifs is 4. The van der Waals surface area contributed by atoms with Crippen LogP contribution >= 0.6 is 23.2 Å². The van der Waals surface area contributed by atoms with E-state index in [0.29, 0.717) is 103 Å². The number of hydrogen-bond donors (Lipinski definition) is 2. The molecular formula is C44H46Cl2FN3O6. The Morgan fingerprint density at radius 1 is 0.982 bits per heavy atom. The van der Waals surface area contributed by atoms with Gasteiger partial charge >= 0.3 is 5.97 Å². The zero-order valence-corrected chi connectivity index (χ0v) is 33.1. The lowest BCUT2D eigenvalue weighted by molar-refractivity contribution is -0.160. The molecule has 56 heavy (non-hydrogen) atoms. The lowest BCUT2D eigenvalue weighted by Gasteiger charge is -2.50.